The Morgan fingerprint density at radius 3 is 2.66 bits per heavy atom. The Hall–Kier alpha value is -0.880. The van der Waals surface area contributed by atoms with Crippen LogP contribution in [0.15, 0.2) is 16.4 Å². The lowest BCUT2D eigenvalue weighted by molar-refractivity contribution is -0.185. The van der Waals surface area contributed by atoms with Gasteiger partial charge in [0.2, 0.25) is 11.6 Å². The fourth-order valence-electron chi connectivity index (χ4n) is 3.82. The highest BCUT2D eigenvalue weighted by Crippen LogP contribution is 2.34. The summed E-state index contributed by atoms with van der Waals surface area (Å²) in [5.74, 6) is -2.02. The van der Waals surface area contributed by atoms with Crippen molar-refractivity contribution in [2.45, 2.75) is 63.2 Å². The third-order valence-corrected chi connectivity index (χ3v) is 8.04. The predicted molar refractivity (Wildman–Crippen MR) is 135 cm³/mol. The van der Waals surface area contributed by atoms with Crippen LogP contribution in [-0.2, 0) is 14.3 Å². The molecule has 2 aromatic rings. The summed E-state index contributed by atoms with van der Waals surface area (Å²) in [6, 6.07) is 0. The number of halogens is 1. The van der Waals surface area contributed by atoms with Crippen molar-refractivity contribution in [1.82, 2.24) is 19.5 Å². The van der Waals surface area contributed by atoms with Gasteiger partial charge in [-0.15, -0.1) is 11.8 Å². The summed E-state index contributed by atoms with van der Waals surface area (Å²) in [4.78, 5) is 23.1. The monoisotopic (exact) mass is 593 g/mol. The number of nitrogens with zero attached hydrogens (tertiary/aromatic N) is 5. The van der Waals surface area contributed by atoms with Crippen LogP contribution in [0.1, 0.15) is 58.2 Å². The second-order valence-electron chi connectivity index (χ2n) is 7.53. The summed E-state index contributed by atoms with van der Waals surface area (Å²) in [5, 5.41) is 19.6. The molecule has 2 aromatic heterocycles. The first-order chi connectivity index (χ1) is 15.5. The van der Waals surface area contributed by atoms with Gasteiger partial charge in [-0.1, -0.05) is 38.3 Å². The lowest BCUT2D eigenvalue weighted by Crippen LogP contribution is -2.46. The second kappa shape index (κ2) is 12.0. The topological polar surface area (TPSA) is 112 Å². The number of hydrogen-bond acceptors (Lipinski definition) is 9. The van der Waals surface area contributed by atoms with Crippen molar-refractivity contribution >= 4 is 62.7 Å². The molecule has 1 aliphatic rings. The molecule has 9 nitrogen and oxygen atoms in total. The van der Waals surface area contributed by atoms with Crippen molar-refractivity contribution in [3.63, 3.8) is 0 Å². The van der Waals surface area contributed by atoms with E-state index in [2.05, 4.69) is 56.1 Å². The molecule has 0 radical (unpaired) electrons. The van der Waals surface area contributed by atoms with Gasteiger partial charge in [-0.3, -0.25) is 4.79 Å². The number of thioether (sulfide) groups is 1. The van der Waals surface area contributed by atoms with Gasteiger partial charge in [-0.25, -0.2) is 14.4 Å². The summed E-state index contributed by atoms with van der Waals surface area (Å²) >= 11 is 3.70. The van der Waals surface area contributed by atoms with Gasteiger partial charge < -0.3 is 14.7 Å². The van der Waals surface area contributed by atoms with Crippen LogP contribution in [0, 0.1) is 5.92 Å². The molecule has 12 heteroatoms. The molecule has 32 heavy (non-hydrogen) atoms. The summed E-state index contributed by atoms with van der Waals surface area (Å²) in [6.07, 6.45) is 8.38. The van der Waals surface area contributed by atoms with Crippen molar-refractivity contribution < 1.29 is 19.5 Å². The van der Waals surface area contributed by atoms with Crippen molar-refractivity contribution in [1.29, 1.82) is 0 Å². The molecule has 0 aliphatic carbocycles. The molecule has 1 N–H and O–H groups in total. The molecule has 1 aliphatic heterocycles. The number of carbonyl (C=O) groups excluding carboxylic acids is 1. The van der Waals surface area contributed by atoms with Crippen LogP contribution in [0.5, 0.6) is 0 Å². The molecule has 1 saturated heterocycles. The maximum absolute atomic E-state index is 13.8. The molecule has 0 aromatic carbocycles. The Labute approximate surface area is 206 Å². The number of aromatic nitrogens is 4. The number of oxime groups is 1. The van der Waals surface area contributed by atoms with E-state index in [0.717, 1.165) is 36.1 Å². The fourth-order valence-corrected chi connectivity index (χ4v) is 5.78. The number of Topliss-reactive ketones (excluding diaryl/α,β-unsaturated/α-hetero) is 1. The van der Waals surface area contributed by atoms with Crippen LogP contribution in [-0.4, -0.2) is 61.5 Å². The van der Waals surface area contributed by atoms with Gasteiger partial charge in [0.25, 0.3) is 0 Å². The van der Waals surface area contributed by atoms with Crippen LogP contribution in [0.3, 0.4) is 0 Å². The van der Waals surface area contributed by atoms with Crippen molar-refractivity contribution in [2.24, 2.45) is 11.1 Å². The average Bonchev–Trinajstić information content (AvgIpc) is 3.47. The third-order valence-electron chi connectivity index (χ3n) is 5.49. The SMILES string of the molecule is CCCCC(C(=O)C1(CCCC)OCCO1)/C(=N/O)c1nc(SC)c2cnn(PI)c2n1. The van der Waals surface area contributed by atoms with Crippen molar-refractivity contribution in [2.75, 3.05) is 19.5 Å². The van der Waals surface area contributed by atoms with E-state index in [-0.39, 0.29) is 17.3 Å². The first-order valence-electron chi connectivity index (χ1n) is 10.8. The van der Waals surface area contributed by atoms with E-state index in [1.165, 1.54) is 11.8 Å². The van der Waals surface area contributed by atoms with Crippen LogP contribution >= 0.6 is 40.2 Å². The second-order valence-corrected chi connectivity index (χ2v) is 10.4. The smallest absolute Gasteiger partial charge is 0.229 e. The Balaban J connectivity index is 2.07. The van der Waals surface area contributed by atoms with Crippen LogP contribution in [0.4, 0.5) is 0 Å². The number of rotatable bonds is 12. The Morgan fingerprint density at radius 1 is 1.34 bits per heavy atom. The molecular formula is C20H29IN5O4PS. The highest BCUT2D eigenvalue weighted by Gasteiger charge is 2.48. The van der Waals surface area contributed by atoms with Crippen molar-refractivity contribution in [3.8, 4) is 0 Å². The number of ketones is 1. The average molecular weight is 593 g/mol. The molecule has 0 spiro atoms. The predicted octanol–water partition coefficient (Wildman–Crippen LogP) is 4.83. The lowest BCUT2D eigenvalue weighted by Gasteiger charge is -2.30. The highest BCUT2D eigenvalue weighted by atomic mass is 127. The lowest BCUT2D eigenvalue weighted by atomic mass is 9.85. The number of carbonyl (C=O) groups is 1. The quantitative estimate of drug-likeness (QED) is 0.0709. The van der Waals surface area contributed by atoms with Gasteiger partial charge in [0.1, 0.15) is 10.7 Å². The normalized spacial score (nSPS) is 17.6. The van der Waals surface area contributed by atoms with E-state index >= 15 is 0 Å². The minimum absolute atomic E-state index is 0.153. The Kier molecular flexibility index (Phi) is 9.66. The van der Waals surface area contributed by atoms with Gasteiger partial charge in [-0.2, -0.15) is 5.10 Å². The highest BCUT2D eigenvalue weighted by molar-refractivity contribution is 14.2. The van der Waals surface area contributed by atoms with Gasteiger partial charge in [0.05, 0.1) is 37.1 Å². The van der Waals surface area contributed by atoms with Crippen LogP contribution in [0.25, 0.3) is 11.0 Å². The van der Waals surface area contributed by atoms with Gasteiger partial charge in [0.15, 0.2) is 11.5 Å². The van der Waals surface area contributed by atoms with E-state index < -0.39 is 11.7 Å². The molecular weight excluding hydrogens is 564 g/mol. The van der Waals surface area contributed by atoms with E-state index in [0.29, 0.717) is 38.1 Å². The summed E-state index contributed by atoms with van der Waals surface area (Å²) < 4.78 is 13.5. The van der Waals surface area contributed by atoms with E-state index in [4.69, 9.17) is 9.47 Å². The molecule has 3 heterocycles. The summed E-state index contributed by atoms with van der Waals surface area (Å²) in [6.45, 7) is 4.86. The number of fused-ring (bicyclic) bond motifs is 1. The van der Waals surface area contributed by atoms with E-state index in [1.807, 2.05) is 6.26 Å². The van der Waals surface area contributed by atoms with Crippen LogP contribution in [0.2, 0.25) is 0 Å². The Bertz CT molecular complexity index is 967. The zero-order valence-corrected chi connectivity index (χ0v) is 22.5. The van der Waals surface area contributed by atoms with Gasteiger partial charge in [0, 0.05) is 6.42 Å². The maximum atomic E-state index is 13.8. The molecule has 3 rings (SSSR count). The molecule has 176 valence electrons. The van der Waals surface area contributed by atoms with Crippen LogP contribution < -0.4 is 0 Å². The zero-order chi connectivity index (χ0) is 23.1. The fraction of sp³-hybridized carbons (Fsp3) is 0.650. The first kappa shape index (κ1) is 25.7. The van der Waals surface area contributed by atoms with Gasteiger partial charge >= 0.3 is 0 Å². The van der Waals surface area contributed by atoms with Gasteiger partial charge in [-0.05, 0) is 41.1 Å². The molecule has 2 atom stereocenters. The maximum Gasteiger partial charge on any atom is 0.229 e. The summed E-state index contributed by atoms with van der Waals surface area (Å²) in [7, 11) is 0. The molecule has 0 bridgehead atoms. The van der Waals surface area contributed by atoms with E-state index in [9.17, 15) is 10.0 Å². The Morgan fingerprint density at radius 2 is 2.06 bits per heavy atom. The summed E-state index contributed by atoms with van der Waals surface area (Å²) in [5.41, 5.74) is 0.809. The molecule has 0 amide bonds. The number of hydrogen-bond donors (Lipinski definition) is 1. The zero-order valence-electron chi connectivity index (χ0n) is 18.5. The minimum atomic E-state index is -1.30. The molecule has 0 saturated carbocycles. The standard InChI is InChI=1S/C20H29IN5O4PS/c1-4-6-8-13(16(27)20(9-7-5-2)29-10-11-30-20)15(25-28)17-23-18-14(19(24-17)32-3)12-22-26(18)31-21/h12-13,28,31H,4-11H2,1-3H3/b25-15-. The minimum Gasteiger partial charge on any atom is -0.411 e. The van der Waals surface area contributed by atoms with Crippen molar-refractivity contribution in [3.05, 3.63) is 12.0 Å². The van der Waals surface area contributed by atoms with E-state index in [1.54, 1.807) is 10.6 Å². The molecule has 1 fully saturated rings. The third kappa shape index (κ3) is 5.27. The number of ether oxygens (including phenoxy) is 2. The molecule has 2 unspecified atom stereocenters. The number of unbranched alkanes of at least 4 members (excludes halogenated alkanes) is 2. The largest absolute Gasteiger partial charge is 0.411 e. The first-order valence-corrected chi connectivity index (χ1v) is 16.0.